The summed E-state index contributed by atoms with van der Waals surface area (Å²) in [5, 5.41) is 2.81. The molecule has 0 radical (unpaired) electrons. The maximum Gasteiger partial charge on any atom is 0.216 e. The van der Waals surface area contributed by atoms with Crippen LogP contribution in [0.1, 0.15) is 42.0 Å². The molecule has 0 saturated carbocycles. The lowest BCUT2D eigenvalue weighted by molar-refractivity contribution is 0.0987. The van der Waals surface area contributed by atoms with Gasteiger partial charge in [0.25, 0.3) is 0 Å². The molecule has 20 heavy (non-hydrogen) atoms. The second kappa shape index (κ2) is 5.66. The van der Waals surface area contributed by atoms with Crippen molar-refractivity contribution in [3.8, 4) is 5.88 Å². The molecule has 2 aromatic heterocycles. The SMILES string of the molecule is COc1cc(C(=O)Cc2nc(C(C)(C)C)cs2)ncn1. The van der Waals surface area contributed by atoms with E-state index in [1.807, 2.05) is 5.38 Å². The Morgan fingerprint density at radius 2 is 2.10 bits per heavy atom. The number of carbonyl (C=O) groups is 1. The maximum absolute atomic E-state index is 12.2. The van der Waals surface area contributed by atoms with Gasteiger partial charge in [0.2, 0.25) is 5.88 Å². The van der Waals surface area contributed by atoms with Gasteiger partial charge >= 0.3 is 0 Å². The monoisotopic (exact) mass is 291 g/mol. The number of Topliss-reactive ketones (excluding diaryl/α,β-unsaturated/α-hetero) is 1. The predicted molar refractivity (Wildman–Crippen MR) is 77.4 cm³/mol. The van der Waals surface area contributed by atoms with Gasteiger partial charge in [-0.25, -0.2) is 15.0 Å². The van der Waals surface area contributed by atoms with Gasteiger partial charge in [-0.2, -0.15) is 0 Å². The standard InChI is InChI=1S/C14H17N3O2S/c1-14(2,3)11-7-20-13(17-11)6-10(18)9-5-12(19-4)16-8-15-9/h5,7-8H,6H2,1-4H3. The number of methoxy groups -OCH3 is 1. The average molecular weight is 291 g/mol. The lowest BCUT2D eigenvalue weighted by Gasteiger charge is -2.14. The lowest BCUT2D eigenvalue weighted by Crippen LogP contribution is -2.12. The zero-order valence-electron chi connectivity index (χ0n) is 12.0. The van der Waals surface area contributed by atoms with Crippen molar-refractivity contribution in [1.82, 2.24) is 15.0 Å². The van der Waals surface area contributed by atoms with Crippen LogP contribution >= 0.6 is 11.3 Å². The Hall–Kier alpha value is -1.82. The minimum atomic E-state index is -0.0829. The van der Waals surface area contributed by atoms with Gasteiger partial charge in [0.05, 0.1) is 19.2 Å². The van der Waals surface area contributed by atoms with E-state index in [9.17, 15) is 4.79 Å². The Kier molecular flexibility index (Phi) is 4.13. The number of nitrogens with zero attached hydrogens (tertiary/aromatic N) is 3. The van der Waals surface area contributed by atoms with Gasteiger partial charge < -0.3 is 4.74 Å². The highest BCUT2D eigenvalue weighted by atomic mass is 32.1. The van der Waals surface area contributed by atoms with Gasteiger partial charge in [-0.3, -0.25) is 4.79 Å². The topological polar surface area (TPSA) is 65.0 Å². The lowest BCUT2D eigenvalue weighted by atomic mass is 9.93. The molecule has 0 unspecified atom stereocenters. The number of ketones is 1. The van der Waals surface area contributed by atoms with Gasteiger partial charge in [-0.1, -0.05) is 20.8 Å². The summed E-state index contributed by atoms with van der Waals surface area (Å²) < 4.78 is 4.99. The summed E-state index contributed by atoms with van der Waals surface area (Å²) >= 11 is 1.50. The molecule has 0 aliphatic heterocycles. The molecule has 6 heteroatoms. The van der Waals surface area contributed by atoms with Crippen molar-refractivity contribution in [2.24, 2.45) is 0 Å². The zero-order chi connectivity index (χ0) is 14.8. The molecule has 5 nitrogen and oxygen atoms in total. The van der Waals surface area contributed by atoms with Crippen molar-refractivity contribution in [3.05, 3.63) is 34.2 Å². The van der Waals surface area contributed by atoms with Gasteiger partial charge in [0.1, 0.15) is 17.0 Å². The molecule has 0 atom stereocenters. The summed E-state index contributed by atoms with van der Waals surface area (Å²) in [6, 6.07) is 1.54. The van der Waals surface area contributed by atoms with Crippen molar-refractivity contribution < 1.29 is 9.53 Å². The first-order valence-electron chi connectivity index (χ1n) is 6.24. The minimum Gasteiger partial charge on any atom is -0.481 e. The Morgan fingerprint density at radius 3 is 2.70 bits per heavy atom. The number of hydrogen-bond donors (Lipinski definition) is 0. The summed E-state index contributed by atoms with van der Waals surface area (Å²) in [6.45, 7) is 6.30. The molecule has 106 valence electrons. The molecule has 0 saturated heterocycles. The maximum atomic E-state index is 12.2. The van der Waals surface area contributed by atoms with Crippen LogP contribution in [0.3, 0.4) is 0 Å². The van der Waals surface area contributed by atoms with Crippen molar-refractivity contribution in [2.75, 3.05) is 7.11 Å². The molecule has 2 heterocycles. The van der Waals surface area contributed by atoms with E-state index in [1.54, 1.807) is 6.07 Å². The Bertz CT molecular complexity index is 617. The van der Waals surface area contributed by atoms with E-state index in [-0.39, 0.29) is 17.6 Å². The van der Waals surface area contributed by atoms with E-state index >= 15 is 0 Å². The fourth-order valence-corrected chi connectivity index (χ4v) is 2.59. The summed E-state index contributed by atoms with van der Waals surface area (Å²) in [7, 11) is 1.51. The smallest absolute Gasteiger partial charge is 0.216 e. The normalized spacial score (nSPS) is 11.4. The second-order valence-electron chi connectivity index (χ2n) is 5.42. The fourth-order valence-electron chi connectivity index (χ4n) is 1.57. The fraction of sp³-hybridized carbons (Fsp3) is 0.429. The van der Waals surface area contributed by atoms with Gasteiger partial charge in [-0.05, 0) is 0 Å². The minimum absolute atomic E-state index is 0.00403. The molecule has 0 N–H and O–H groups in total. The second-order valence-corrected chi connectivity index (χ2v) is 6.36. The van der Waals surface area contributed by atoms with E-state index in [0.29, 0.717) is 11.6 Å². The zero-order valence-corrected chi connectivity index (χ0v) is 12.8. The van der Waals surface area contributed by atoms with Crippen LogP contribution in [0.25, 0.3) is 0 Å². The van der Waals surface area contributed by atoms with Crippen molar-refractivity contribution >= 4 is 17.1 Å². The quantitative estimate of drug-likeness (QED) is 0.810. The van der Waals surface area contributed by atoms with Gasteiger partial charge in [0.15, 0.2) is 5.78 Å². The van der Waals surface area contributed by atoms with Crippen LogP contribution in [0.4, 0.5) is 0 Å². The molecule has 0 fully saturated rings. The summed E-state index contributed by atoms with van der Waals surface area (Å²) in [5.74, 6) is 0.304. The average Bonchev–Trinajstić information content (AvgIpc) is 2.87. The molecule has 0 aliphatic rings. The molecule has 0 aliphatic carbocycles. The van der Waals surface area contributed by atoms with Gasteiger partial charge in [0, 0.05) is 16.9 Å². The first kappa shape index (κ1) is 14.6. The van der Waals surface area contributed by atoms with E-state index < -0.39 is 0 Å². The van der Waals surface area contributed by atoms with Crippen LogP contribution in [0.15, 0.2) is 17.8 Å². The van der Waals surface area contributed by atoms with E-state index in [4.69, 9.17) is 4.74 Å². The largest absolute Gasteiger partial charge is 0.481 e. The van der Waals surface area contributed by atoms with Crippen LogP contribution in [0, 0.1) is 0 Å². The van der Waals surface area contributed by atoms with E-state index in [2.05, 4.69) is 35.7 Å². The molecule has 2 rings (SSSR count). The van der Waals surface area contributed by atoms with Crippen LogP contribution in [0.2, 0.25) is 0 Å². The Balaban J connectivity index is 2.13. The molecule has 0 amide bonds. The first-order chi connectivity index (χ1) is 9.40. The van der Waals surface area contributed by atoms with Crippen molar-refractivity contribution in [1.29, 1.82) is 0 Å². The third kappa shape index (κ3) is 3.39. The number of ether oxygens (including phenoxy) is 1. The van der Waals surface area contributed by atoms with E-state index in [1.165, 1.54) is 24.8 Å². The Labute approximate surface area is 122 Å². The summed E-state index contributed by atoms with van der Waals surface area (Å²) in [4.78, 5) is 24.5. The summed E-state index contributed by atoms with van der Waals surface area (Å²) in [6.07, 6.45) is 1.58. The molecular formula is C14H17N3O2S. The van der Waals surface area contributed by atoms with Crippen LogP contribution in [-0.4, -0.2) is 27.8 Å². The number of carbonyl (C=O) groups excluding carboxylic acids is 1. The molecule has 2 aromatic rings. The molecule has 0 bridgehead atoms. The highest BCUT2D eigenvalue weighted by Crippen LogP contribution is 2.24. The van der Waals surface area contributed by atoms with Crippen LogP contribution < -0.4 is 4.74 Å². The van der Waals surface area contributed by atoms with Crippen LogP contribution in [-0.2, 0) is 11.8 Å². The summed E-state index contributed by atoms with van der Waals surface area (Å²) in [5.41, 5.74) is 1.35. The number of aromatic nitrogens is 3. The molecule has 0 aromatic carbocycles. The number of rotatable bonds is 4. The Morgan fingerprint density at radius 1 is 1.35 bits per heavy atom. The third-order valence-electron chi connectivity index (χ3n) is 2.77. The van der Waals surface area contributed by atoms with Gasteiger partial charge in [-0.15, -0.1) is 11.3 Å². The first-order valence-corrected chi connectivity index (χ1v) is 7.12. The molecular weight excluding hydrogens is 274 g/mol. The third-order valence-corrected chi connectivity index (χ3v) is 3.62. The van der Waals surface area contributed by atoms with Crippen molar-refractivity contribution in [2.45, 2.75) is 32.6 Å². The predicted octanol–water partition coefficient (Wildman–Crippen LogP) is 2.66. The number of hydrogen-bond acceptors (Lipinski definition) is 6. The van der Waals surface area contributed by atoms with Crippen molar-refractivity contribution in [3.63, 3.8) is 0 Å². The molecule has 0 spiro atoms. The highest BCUT2D eigenvalue weighted by molar-refractivity contribution is 7.09. The highest BCUT2D eigenvalue weighted by Gasteiger charge is 2.19. The number of thiazole rings is 1. The van der Waals surface area contributed by atoms with Crippen LogP contribution in [0.5, 0.6) is 5.88 Å². The van der Waals surface area contributed by atoms with E-state index in [0.717, 1.165) is 10.7 Å².